The average Bonchev–Trinajstić information content (AvgIpc) is 2.54. The minimum Gasteiger partial charge on any atom is -0.354 e. The van der Waals surface area contributed by atoms with Crippen molar-refractivity contribution in [1.29, 1.82) is 0 Å². The Bertz CT molecular complexity index is 781. The Hall–Kier alpha value is -1.75. The fourth-order valence-corrected chi connectivity index (χ4v) is 2.98. The van der Waals surface area contributed by atoms with Crippen LogP contribution in [-0.4, -0.2) is 24.9 Å². The van der Waals surface area contributed by atoms with Gasteiger partial charge in [-0.25, -0.2) is 0 Å². The van der Waals surface area contributed by atoms with Gasteiger partial charge < -0.3 is 10.2 Å². The smallest absolute Gasteiger partial charge is 0.240 e. The van der Waals surface area contributed by atoms with Crippen LogP contribution >= 0.6 is 34.8 Å². The molecular weight excluding hydrogens is 383 g/mol. The highest BCUT2D eigenvalue weighted by Crippen LogP contribution is 2.21. The summed E-state index contributed by atoms with van der Waals surface area (Å²) in [6.45, 7) is 1.73. The number of anilines is 1. The molecular formula is C18H17Cl3N2O2. The highest BCUT2D eigenvalue weighted by atomic mass is 35.5. The van der Waals surface area contributed by atoms with Crippen molar-refractivity contribution in [1.82, 2.24) is 5.32 Å². The van der Waals surface area contributed by atoms with Crippen molar-refractivity contribution in [3.05, 3.63) is 63.1 Å². The molecule has 0 spiro atoms. The van der Waals surface area contributed by atoms with Gasteiger partial charge in [0.1, 0.15) is 6.54 Å². The molecule has 0 atom stereocenters. The number of carbonyl (C=O) groups excluding carboxylic acids is 2. The zero-order chi connectivity index (χ0) is 18.4. The molecule has 0 aliphatic heterocycles. The topological polar surface area (TPSA) is 49.4 Å². The first-order chi connectivity index (χ1) is 11.9. The largest absolute Gasteiger partial charge is 0.354 e. The number of nitrogens with zero attached hydrogens (tertiary/aromatic N) is 1. The van der Waals surface area contributed by atoms with Crippen LogP contribution in [0.1, 0.15) is 12.5 Å². The summed E-state index contributed by atoms with van der Waals surface area (Å²) in [5.74, 6) is -0.501. The second kappa shape index (κ2) is 9.09. The molecule has 0 aliphatic rings. The zero-order valence-corrected chi connectivity index (χ0v) is 15.8. The average molecular weight is 400 g/mol. The van der Waals surface area contributed by atoms with E-state index in [0.29, 0.717) is 33.7 Å². The van der Waals surface area contributed by atoms with Gasteiger partial charge in [0.25, 0.3) is 0 Å². The molecule has 2 aromatic carbocycles. The van der Waals surface area contributed by atoms with Crippen molar-refractivity contribution in [2.45, 2.75) is 13.3 Å². The Labute approximate surface area is 161 Å². The van der Waals surface area contributed by atoms with Crippen LogP contribution in [0.2, 0.25) is 15.1 Å². The lowest BCUT2D eigenvalue weighted by molar-refractivity contribution is -0.123. The molecule has 0 aromatic heterocycles. The molecule has 0 aliphatic carbocycles. The molecule has 1 N–H and O–H groups in total. The Balaban J connectivity index is 1.92. The van der Waals surface area contributed by atoms with E-state index in [1.807, 2.05) is 6.07 Å². The maximum Gasteiger partial charge on any atom is 0.240 e. The molecule has 0 saturated heterocycles. The first kappa shape index (κ1) is 19.6. The van der Waals surface area contributed by atoms with Crippen LogP contribution in [0.5, 0.6) is 0 Å². The minimum absolute atomic E-state index is 0.0793. The van der Waals surface area contributed by atoms with Crippen molar-refractivity contribution >= 4 is 52.3 Å². The van der Waals surface area contributed by atoms with E-state index in [-0.39, 0.29) is 18.4 Å². The third kappa shape index (κ3) is 5.92. The summed E-state index contributed by atoms with van der Waals surface area (Å²) in [6.07, 6.45) is 0.568. The van der Waals surface area contributed by atoms with Gasteiger partial charge in [0.15, 0.2) is 0 Å². The standard InChI is InChI=1S/C18H17Cl3N2O2/c1-12(24)23(16-4-2-3-14(19)9-16)11-18(25)22-8-7-13-5-6-15(20)10-17(13)21/h2-6,9-10H,7-8,11H2,1H3,(H,22,25). The summed E-state index contributed by atoms with van der Waals surface area (Å²) in [6, 6.07) is 12.0. The number of carbonyl (C=O) groups is 2. The summed E-state index contributed by atoms with van der Waals surface area (Å²) in [5.41, 5.74) is 1.47. The van der Waals surface area contributed by atoms with Crippen LogP contribution in [0.25, 0.3) is 0 Å². The second-order valence-corrected chi connectivity index (χ2v) is 6.70. The Morgan fingerprint density at radius 2 is 1.76 bits per heavy atom. The molecule has 0 fully saturated rings. The van der Waals surface area contributed by atoms with Gasteiger partial charge in [-0.15, -0.1) is 0 Å². The van der Waals surface area contributed by atoms with Crippen molar-refractivity contribution < 1.29 is 9.59 Å². The van der Waals surface area contributed by atoms with Gasteiger partial charge in [0.05, 0.1) is 0 Å². The third-order valence-electron chi connectivity index (χ3n) is 3.53. The van der Waals surface area contributed by atoms with Crippen molar-refractivity contribution in [2.24, 2.45) is 0 Å². The van der Waals surface area contributed by atoms with Crippen LogP contribution in [-0.2, 0) is 16.0 Å². The summed E-state index contributed by atoms with van der Waals surface area (Å²) in [5, 5.41) is 4.41. The highest BCUT2D eigenvalue weighted by Gasteiger charge is 2.16. The number of hydrogen-bond donors (Lipinski definition) is 1. The van der Waals surface area contributed by atoms with Gasteiger partial charge in [-0.05, 0) is 42.3 Å². The van der Waals surface area contributed by atoms with Gasteiger partial charge >= 0.3 is 0 Å². The van der Waals surface area contributed by atoms with E-state index >= 15 is 0 Å². The van der Waals surface area contributed by atoms with Crippen LogP contribution in [0, 0.1) is 0 Å². The Morgan fingerprint density at radius 3 is 2.40 bits per heavy atom. The highest BCUT2D eigenvalue weighted by molar-refractivity contribution is 6.35. The predicted octanol–water partition coefficient (Wildman–Crippen LogP) is 4.36. The SMILES string of the molecule is CC(=O)N(CC(=O)NCCc1ccc(Cl)cc1Cl)c1cccc(Cl)c1. The summed E-state index contributed by atoms with van der Waals surface area (Å²) in [7, 11) is 0. The molecule has 0 unspecified atom stereocenters. The minimum atomic E-state index is -0.264. The third-order valence-corrected chi connectivity index (χ3v) is 4.36. The van der Waals surface area contributed by atoms with E-state index in [1.165, 1.54) is 11.8 Å². The quantitative estimate of drug-likeness (QED) is 0.784. The first-order valence-electron chi connectivity index (χ1n) is 7.61. The number of rotatable bonds is 6. The fourth-order valence-electron chi connectivity index (χ4n) is 2.29. The molecule has 132 valence electrons. The lowest BCUT2D eigenvalue weighted by Crippen LogP contribution is -2.40. The number of hydrogen-bond acceptors (Lipinski definition) is 2. The molecule has 2 aromatic rings. The molecule has 25 heavy (non-hydrogen) atoms. The van der Waals surface area contributed by atoms with Gasteiger partial charge in [-0.3, -0.25) is 9.59 Å². The molecule has 2 rings (SSSR count). The van der Waals surface area contributed by atoms with Crippen LogP contribution in [0.4, 0.5) is 5.69 Å². The second-order valence-electron chi connectivity index (χ2n) is 5.42. The summed E-state index contributed by atoms with van der Waals surface area (Å²) >= 11 is 17.9. The zero-order valence-electron chi connectivity index (χ0n) is 13.6. The van der Waals surface area contributed by atoms with E-state index in [2.05, 4.69) is 5.32 Å². The van der Waals surface area contributed by atoms with Crippen LogP contribution in [0.3, 0.4) is 0 Å². The molecule has 4 nitrogen and oxygen atoms in total. The Morgan fingerprint density at radius 1 is 1.04 bits per heavy atom. The van der Waals surface area contributed by atoms with E-state index in [9.17, 15) is 9.59 Å². The van der Waals surface area contributed by atoms with Gasteiger partial charge in [-0.1, -0.05) is 46.9 Å². The van der Waals surface area contributed by atoms with E-state index in [1.54, 1.807) is 36.4 Å². The van der Waals surface area contributed by atoms with Gasteiger partial charge in [-0.2, -0.15) is 0 Å². The van der Waals surface area contributed by atoms with Gasteiger partial charge in [0, 0.05) is 34.2 Å². The fraction of sp³-hybridized carbons (Fsp3) is 0.222. The van der Waals surface area contributed by atoms with Gasteiger partial charge in [0.2, 0.25) is 11.8 Å². The molecule has 0 radical (unpaired) electrons. The van der Waals surface area contributed by atoms with Crippen molar-refractivity contribution in [3.63, 3.8) is 0 Å². The normalized spacial score (nSPS) is 10.4. The number of nitrogens with one attached hydrogen (secondary N) is 1. The molecule has 0 bridgehead atoms. The molecule has 0 heterocycles. The predicted molar refractivity (Wildman–Crippen MR) is 103 cm³/mol. The van der Waals surface area contributed by atoms with E-state index in [4.69, 9.17) is 34.8 Å². The monoisotopic (exact) mass is 398 g/mol. The maximum atomic E-state index is 12.2. The molecule has 2 amide bonds. The number of benzene rings is 2. The molecule has 0 saturated carbocycles. The van der Waals surface area contributed by atoms with Crippen LogP contribution in [0.15, 0.2) is 42.5 Å². The van der Waals surface area contributed by atoms with E-state index < -0.39 is 0 Å². The van der Waals surface area contributed by atoms with E-state index in [0.717, 1.165) is 5.56 Å². The lowest BCUT2D eigenvalue weighted by atomic mass is 10.1. The summed E-state index contributed by atoms with van der Waals surface area (Å²) < 4.78 is 0. The van der Waals surface area contributed by atoms with Crippen molar-refractivity contribution in [3.8, 4) is 0 Å². The maximum absolute atomic E-state index is 12.2. The first-order valence-corrected chi connectivity index (χ1v) is 8.74. The number of amides is 2. The Kier molecular flexibility index (Phi) is 7.12. The molecule has 7 heteroatoms. The lowest BCUT2D eigenvalue weighted by Gasteiger charge is -2.21. The van der Waals surface area contributed by atoms with Crippen molar-refractivity contribution in [2.75, 3.05) is 18.0 Å². The number of halogens is 3. The summed E-state index contributed by atoms with van der Waals surface area (Å²) in [4.78, 5) is 25.4. The van der Waals surface area contributed by atoms with Crippen LogP contribution < -0.4 is 10.2 Å².